The van der Waals surface area contributed by atoms with Gasteiger partial charge in [0.25, 0.3) is 0 Å². The van der Waals surface area contributed by atoms with Gasteiger partial charge in [-0.1, -0.05) is 23.7 Å². The summed E-state index contributed by atoms with van der Waals surface area (Å²) in [7, 11) is 7.63. The van der Waals surface area contributed by atoms with Gasteiger partial charge in [0.05, 0.1) is 18.7 Å². The minimum absolute atomic E-state index is 0.673. The van der Waals surface area contributed by atoms with Crippen molar-refractivity contribution in [2.45, 2.75) is 25.9 Å². The van der Waals surface area contributed by atoms with E-state index in [0.717, 1.165) is 55.1 Å². The fourth-order valence-electron chi connectivity index (χ4n) is 4.00. The van der Waals surface area contributed by atoms with Gasteiger partial charge in [0, 0.05) is 46.1 Å². The summed E-state index contributed by atoms with van der Waals surface area (Å²) in [6.07, 6.45) is 4.34. The van der Waals surface area contributed by atoms with Gasteiger partial charge < -0.3 is 19.5 Å². The summed E-state index contributed by atoms with van der Waals surface area (Å²) >= 11 is 6.11. The van der Waals surface area contributed by atoms with Gasteiger partial charge in [-0.05, 0) is 55.6 Å². The molecule has 0 bridgehead atoms. The molecule has 2 heterocycles. The second-order valence-electron chi connectivity index (χ2n) is 8.11. The average molecular weight is 432 g/mol. The number of hydrogen-bond acceptors (Lipinski definition) is 3. The maximum atomic E-state index is 6.11. The first-order chi connectivity index (χ1) is 14.5. The first-order valence-corrected chi connectivity index (χ1v) is 10.9. The third kappa shape index (κ3) is 6.16. The molecule has 164 valence electrons. The number of ether oxygens (including phenoxy) is 1. The largest absolute Gasteiger partial charge is 0.497 e. The SMILES string of the molecule is CN=C(NCC1CCN(Cc2ccc(OC)cc2)CC1)N(C)Cc1cc(Cl)cn1C. The van der Waals surface area contributed by atoms with Crippen molar-refractivity contribution in [1.82, 2.24) is 19.7 Å². The van der Waals surface area contributed by atoms with Crippen LogP contribution >= 0.6 is 11.6 Å². The van der Waals surface area contributed by atoms with E-state index < -0.39 is 0 Å². The predicted molar refractivity (Wildman–Crippen MR) is 124 cm³/mol. The van der Waals surface area contributed by atoms with Crippen LogP contribution in [0.1, 0.15) is 24.1 Å². The number of benzene rings is 1. The number of piperidine rings is 1. The van der Waals surface area contributed by atoms with Gasteiger partial charge in [0.1, 0.15) is 5.75 Å². The average Bonchev–Trinajstić information content (AvgIpc) is 3.06. The number of halogens is 1. The Hall–Kier alpha value is -2.18. The van der Waals surface area contributed by atoms with Crippen LogP contribution in [0.3, 0.4) is 0 Å². The maximum Gasteiger partial charge on any atom is 0.193 e. The summed E-state index contributed by atoms with van der Waals surface area (Å²) in [5, 5.41) is 4.33. The molecule has 0 radical (unpaired) electrons. The summed E-state index contributed by atoms with van der Waals surface area (Å²) in [6.45, 7) is 5.00. The molecule has 6 nitrogen and oxygen atoms in total. The van der Waals surface area contributed by atoms with Crippen LogP contribution in [-0.4, -0.2) is 61.2 Å². The molecule has 1 aliphatic rings. The number of guanidine groups is 1. The third-order valence-corrected chi connectivity index (χ3v) is 6.07. The standard InChI is InChI=1S/C23H34ClN5O/c1-25-23(28(3)17-21-13-20(24)16-27(21)2)26-14-18-9-11-29(12-10-18)15-19-5-7-22(30-4)8-6-19/h5-8,13,16,18H,9-12,14-15,17H2,1-4H3,(H,25,26). The Balaban J connectivity index is 1.42. The van der Waals surface area contributed by atoms with Gasteiger partial charge in [-0.3, -0.25) is 9.89 Å². The molecule has 7 heteroatoms. The number of likely N-dealkylation sites (tertiary alicyclic amines) is 1. The molecule has 1 aromatic heterocycles. The van der Waals surface area contributed by atoms with Crippen molar-refractivity contribution in [3.05, 3.63) is 52.8 Å². The van der Waals surface area contributed by atoms with Crippen molar-refractivity contribution in [2.75, 3.05) is 40.8 Å². The Morgan fingerprint density at radius 1 is 1.27 bits per heavy atom. The van der Waals surface area contributed by atoms with Crippen molar-refractivity contribution in [2.24, 2.45) is 18.0 Å². The first kappa shape index (κ1) is 22.5. The third-order valence-electron chi connectivity index (χ3n) is 5.87. The quantitative estimate of drug-likeness (QED) is 0.537. The minimum atomic E-state index is 0.673. The van der Waals surface area contributed by atoms with Crippen molar-refractivity contribution in [3.63, 3.8) is 0 Å². The molecule has 1 fully saturated rings. The molecule has 0 unspecified atom stereocenters. The Morgan fingerprint density at radius 3 is 2.53 bits per heavy atom. The van der Waals surface area contributed by atoms with E-state index in [1.54, 1.807) is 7.11 Å². The molecular formula is C23H34ClN5O. The summed E-state index contributed by atoms with van der Waals surface area (Å²) in [5.74, 6) is 2.51. The Kier molecular flexibility index (Phi) is 8.05. The van der Waals surface area contributed by atoms with Crippen LogP contribution in [0.2, 0.25) is 5.02 Å². The van der Waals surface area contributed by atoms with Crippen LogP contribution in [0.5, 0.6) is 5.75 Å². The highest BCUT2D eigenvalue weighted by atomic mass is 35.5. The molecule has 0 saturated carbocycles. The van der Waals surface area contributed by atoms with Crippen LogP contribution in [-0.2, 0) is 20.1 Å². The van der Waals surface area contributed by atoms with Crippen LogP contribution in [0.25, 0.3) is 0 Å². The van der Waals surface area contributed by atoms with Gasteiger partial charge >= 0.3 is 0 Å². The molecular weight excluding hydrogens is 398 g/mol. The molecule has 30 heavy (non-hydrogen) atoms. The van der Waals surface area contributed by atoms with Gasteiger partial charge in [-0.15, -0.1) is 0 Å². The lowest BCUT2D eigenvalue weighted by atomic mass is 9.96. The number of aromatic nitrogens is 1. The number of aryl methyl sites for hydroxylation is 1. The van der Waals surface area contributed by atoms with E-state index in [2.05, 4.69) is 43.9 Å². The Bertz CT molecular complexity index is 825. The lowest BCUT2D eigenvalue weighted by Crippen LogP contribution is -2.43. The molecule has 1 saturated heterocycles. The van der Waals surface area contributed by atoms with Crippen LogP contribution in [0, 0.1) is 5.92 Å². The Labute approximate surface area is 185 Å². The van der Waals surface area contributed by atoms with E-state index in [9.17, 15) is 0 Å². The molecule has 1 aromatic carbocycles. The molecule has 0 aliphatic carbocycles. The van der Waals surface area contributed by atoms with Gasteiger partial charge in [0.2, 0.25) is 0 Å². The zero-order valence-electron chi connectivity index (χ0n) is 18.6. The van der Waals surface area contributed by atoms with E-state index in [1.165, 1.54) is 18.4 Å². The van der Waals surface area contributed by atoms with Gasteiger partial charge in [-0.25, -0.2) is 0 Å². The predicted octanol–water partition coefficient (Wildman–Crippen LogP) is 3.61. The highest BCUT2D eigenvalue weighted by Crippen LogP contribution is 2.20. The summed E-state index contributed by atoms with van der Waals surface area (Å²) in [6, 6.07) is 10.4. The molecule has 2 aromatic rings. The first-order valence-electron chi connectivity index (χ1n) is 10.6. The summed E-state index contributed by atoms with van der Waals surface area (Å²) < 4.78 is 7.30. The van der Waals surface area contributed by atoms with Crippen molar-refractivity contribution in [1.29, 1.82) is 0 Å². The van der Waals surface area contributed by atoms with Crippen LogP contribution in [0.4, 0.5) is 0 Å². The van der Waals surface area contributed by atoms with Crippen LogP contribution in [0.15, 0.2) is 41.5 Å². The second-order valence-corrected chi connectivity index (χ2v) is 8.55. The molecule has 0 amide bonds. The number of methoxy groups -OCH3 is 1. The minimum Gasteiger partial charge on any atom is -0.497 e. The monoisotopic (exact) mass is 431 g/mol. The zero-order valence-corrected chi connectivity index (χ0v) is 19.3. The van der Waals surface area contributed by atoms with E-state index in [-0.39, 0.29) is 0 Å². The fraction of sp³-hybridized carbons (Fsp3) is 0.522. The number of nitrogens with one attached hydrogen (secondary N) is 1. The molecule has 1 aliphatic heterocycles. The number of hydrogen-bond donors (Lipinski definition) is 1. The van der Waals surface area contributed by atoms with Crippen molar-refractivity contribution < 1.29 is 4.74 Å². The number of nitrogens with zero attached hydrogens (tertiary/aromatic N) is 4. The van der Waals surface area contributed by atoms with E-state index in [0.29, 0.717) is 5.92 Å². The van der Waals surface area contributed by atoms with Crippen molar-refractivity contribution >= 4 is 17.6 Å². The number of aliphatic imine (C=N–C) groups is 1. The van der Waals surface area contributed by atoms with Gasteiger partial charge in [0.15, 0.2) is 5.96 Å². The van der Waals surface area contributed by atoms with Crippen molar-refractivity contribution in [3.8, 4) is 5.75 Å². The lowest BCUT2D eigenvalue weighted by molar-refractivity contribution is 0.177. The molecule has 1 N–H and O–H groups in total. The molecule has 3 rings (SSSR count). The summed E-state index contributed by atoms with van der Waals surface area (Å²) in [4.78, 5) is 9.14. The van der Waals surface area contributed by atoms with Crippen LogP contribution < -0.4 is 10.1 Å². The van der Waals surface area contributed by atoms with E-state index >= 15 is 0 Å². The highest BCUT2D eigenvalue weighted by molar-refractivity contribution is 6.30. The molecule has 0 atom stereocenters. The smallest absolute Gasteiger partial charge is 0.193 e. The second kappa shape index (κ2) is 10.7. The topological polar surface area (TPSA) is 45.0 Å². The normalized spacial score (nSPS) is 16.0. The number of rotatable bonds is 7. The maximum absolute atomic E-state index is 6.11. The van der Waals surface area contributed by atoms with Gasteiger partial charge in [-0.2, -0.15) is 0 Å². The molecule has 0 spiro atoms. The highest BCUT2D eigenvalue weighted by Gasteiger charge is 2.20. The lowest BCUT2D eigenvalue weighted by Gasteiger charge is -2.33. The fourth-order valence-corrected chi connectivity index (χ4v) is 4.27. The van der Waals surface area contributed by atoms with E-state index in [4.69, 9.17) is 16.3 Å². The zero-order chi connectivity index (χ0) is 21.5. The van der Waals surface area contributed by atoms with E-state index in [1.807, 2.05) is 38.5 Å². The summed E-state index contributed by atoms with van der Waals surface area (Å²) in [5.41, 5.74) is 2.51. The Morgan fingerprint density at radius 2 is 1.97 bits per heavy atom.